The van der Waals surface area contributed by atoms with Gasteiger partial charge in [-0.15, -0.1) is 0 Å². The highest BCUT2D eigenvalue weighted by molar-refractivity contribution is 6.30. The van der Waals surface area contributed by atoms with Crippen molar-refractivity contribution in [1.29, 1.82) is 0 Å². The molecule has 2 aromatic carbocycles. The van der Waals surface area contributed by atoms with E-state index in [0.717, 1.165) is 11.6 Å². The zero-order valence-corrected chi connectivity index (χ0v) is 20.2. The standard InChI is InChI=1S/C26H27ClF2N2O5/c27-18-4-3-17(12-19(18)29)35-14-23(33)30-25-7-9-26(10-8-25,22(32)13-25)31-24(34)21-5-1-15-11-16(28)2-6-20(15)36-21/h2-4,6,11-12,21-22,32H,1,5,7-10,13-14H2,(H,30,33)(H,31,34)/t21-,22-,25?,26?/m0/s1. The highest BCUT2D eigenvalue weighted by Crippen LogP contribution is 2.47. The summed E-state index contributed by atoms with van der Waals surface area (Å²) < 4.78 is 38.2. The fourth-order valence-corrected chi connectivity index (χ4v) is 5.69. The molecular weight excluding hydrogens is 494 g/mol. The van der Waals surface area contributed by atoms with Crippen LogP contribution in [0.1, 0.15) is 44.1 Å². The Balaban J connectivity index is 1.16. The maximum Gasteiger partial charge on any atom is 0.261 e. The molecule has 3 aliphatic carbocycles. The van der Waals surface area contributed by atoms with E-state index in [-0.39, 0.29) is 35.0 Å². The maximum atomic E-state index is 13.6. The Labute approximate surface area is 212 Å². The maximum absolute atomic E-state index is 13.6. The molecule has 2 amide bonds. The summed E-state index contributed by atoms with van der Waals surface area (Å²) in [5.41, 5.74) is -0.645. The van der Waals surface area contributed by atoms with Crippen molar-refractivity contribution >= 4 is 23.4 Å². The summed E-state index contributed by atoms with van der Waals surface area (Å²) in [7, 11) is 0. The zero-order chi connectivity index (χ0) is 25.5. The summed E-state index contributed by atoms with van der Waals surface area (Å²) in [6.45, 7) is -0.300. The second-order valence-electron chi connectivity index (χ2n) is 9.96. The number of aliphatic hydroxyl groups excluding tert-OH is 1. The third-order valence-electron chi connectivity index (χ3n) is 7.62. The summed E-state index contributed by atoms with van der Waals surface area (Å²) in [5, 5.41) is 17.0. The van der Waals surface area contributed by atoms with Crippen LogP contribution in [0.5, 0.6) is 11.5 Å². The molecule has 1 heterocycles. The first-order valence-corrected chi connectivity index (χ1v) is 12.4. The Morgan fingerprint density at radius 2 is 1.89 bits per heavy atom. The van der Waals surface area contributed by atoms with Gasteiger partial charge in [0.2, 0.25) is 0 Å². The molecule has 0 saturated heterocycles. The second-order valence-corrected chi connectivity index (χ2v) is 10.4. The summed E-state index contributed by atoms with van der Waals surface area (Å²) in [4.78, 5) is 25.6. The third-order valence-corrected chi connectivity index (χ3v) is 7.93. The van der Waals surface area contributed by atoms with Gasteiger partial charge in [-0.25, -0.2) is 8.78 Å². The SMILES string of the molecule is O=C(COc1ccc(Cl)c(F)c1)NC12CCC(NC(=O)[C@@H]3CCc4cc(F)ccc4O3)(CC1)[C@@H](O)C2. The minimum absolute atomic E-state index is 0.0325. The van der Waals surface area contributed by atoms with Crippen LogP contribution in [-0.2, 0) is 16.0 Å². The number of aryl methyl sites for hydroxylation is 1. The highest BCUT2D eigenvalue weighted by atomic mass is 35.5. The number of rotatable bonds is 6. The van der Waals surface area contributed by atoms with E-state index in [1.54, 1.807) is 0 Å². The molecule has 0 spiro atoms. The summed E-state index contributed by atoms with van der Waals surface area (Å²) >= 11 is 5.66. The Morgan fingerprint density at radius 1 is 1.11 bits per heavy atom. The fraction of sp³-hybridized carbons (Fsp3) is 0.462. The average Bonchev–Trinajstić information content (AvgIpc) is 2.85. The van der Waals surface area contributed by atoms with E-state index in [9.17, 15) is 23.5 Å². The average molecular weight is 521 g/mol. The van der Waals surface area contributed by atoms with E-state index in [4.69, 9.17) is 21.1 Å². The van der Waals surface area contributed by atoms with Gasteiger partial charge in [-0.3, -0.25) is 9.59 Å². The summed E-state index contributed by atoms with van der Waals surface area (Å²) in [5.74, 6) is -0.957. The van der Waals surface area contributed by atoms with Crippen molar-refractivity contribution in [3.05, 3.63) is 58.6 Å². The molecule has 10 heteroatoms. The van der Waals surface area contributed by atoms with Crippen LogP contribution in [0.2, 0.25) is 5.02 Å². The van der Waals surface area contributed by atoms with Crippen molar-refractivity contribution in [2.45, 2.75) is 68.2 Å². The van der Waals surface area contributed by atoms with Crippen LogP contribution in [0.15, 0.2) is 36.4 Å². The Hall–Kier alpha value is -2.91. The molecule has 3 fully saturated rings. The predicted octanol–water partition coefficient (Wildman–Crippen LogP) is 3.44. The number of halogens is 3. The molecule has 3 saturated carbocycles. The lowest BCUT2D eigenvalue weighted by Crippen LogP contribution is -2.71. The number of ether oxygens (including phenoxy) is 2. The number of hydrogen-bond donors (Lipinski definition) is 3. The molecule has 0 aromatic heterocycles. The van der Waals surface area contributed by atoms with Crippen molar-refractivity contribution in [2.75, 3.05) is 6.61 Å². The molecule has 192 valence electrons. The monoisotopic (exact) mass is 520 g/mol. The molecule has 7 nitrogen and oxygen atoms in total. The van der Waals surface area contributed by atoms with Crippen molar-refractivity contribution in [3.63, 3.8) is 0 Å². The largest absolute Gasteiger partial charge is 0.484 e. The molecule has 36 heavy (non-hydrogen) atoms. The number of fused-ring (bicyclic) bond motifs is 4. The van der Waals surface area contributed by atoms with E-state index < -0.39 is 29.1 Å². The molecule has 1 aliphatic heterocycles. The topological polar surface area (TPSA) is 96.9 Å². The minimum Gasteiger partial charge on any atom is -0.484 e. The smallest absolute Gasteiger partial charge is 0.261 e. The number of carbonyl (C=O) groups is 2. The molecule has 0 radical (unpaired) electrons. The molecule has 0 unspecified atom stereocenters. The third kappa shape index (κ3) is 4.86. The van der Waals surface area contributed by atoms with Gasteiger partial charge in [-0.2, -0.15) is 0 Å². The lowest BCUT2D eigenvalue weighted by atomic mass is 9.59. The van der Waals surface area contributed by atoms with Gasteiger partial charge in [0.15, 0.2) is 12.7 Å². The molecular formula is C26H27ClF2N2O5. The molecule has 4 aliphatic rings. The lowest BCUT2D eigenvalue weighted by Gasteiger charge is -2.56. The number of amides is 2. The minimum atomic E-state index is -0.847. The van der Waals surface area contributed by atoms with Crippen LogP contribution < -0.4 is 20.1 Å². The van der Waals surface area contributed by atoms with Gasteiger partial charge in [0.1, 0.15) is 23.1 Å². The number of nitrogens with one attached hydrogen (secondary N) is 2. The Morgan fingerprint density at radius 3 is 2.61 bits per heavy atom. The van der Waals surface area contributed by atoms with Gasteiger partial charge in [0.25, 0.3) is 11.8 Å². The normalized spacial score (nSPS) is 28.6. The van der Waals surface area contributed by atoms with Gasteiger partial charge in [-0.1, -0.05) is 11.6 Å². The van der Waals surface area contributed by atoms with Crippen LogP contribution >= 0.6 is 11.6 Å². The first-order chi connectivity index (χ1) is 17.2. The molecule has 6 rings (SSSR count). The van der Waals surface area contributed by atoms with Crippen LogP contribution in [0.3, 0.4) is 0 Å². The highest BCUT2D eigenvalue weighted by Gasteiger charge is 2.55. The van der Waals surface area contributed by atoms with Crippen LogP contribution in [0, 0.1) is 11.6 Å². The Kier molecular flexibility index (Phi) is 6.55. The van der Waals surface area contributed by atoms with Gasteiger partial charge in [0, 0.05) is 11.6 Å². The van der Waals surface area contributed by atoms with E-state index in [2.05, 4.69) is 10.6 Å². The first-order valence-electron chi connectivity index (χ1n) is 12.0. The zero-order valence-electron chi connectivity index (χ0n) is 19.5. The van der Waals surface area contributed by atoms with E-state index >= 15 is 0 Å². The van der Waals surface area contributed by atoms with Crippen molar-refractivity contribution in [3.8, 4) is 11.5 Å². The second kappa shape index (κ2) is 9.52. The van der Waals surface area contributed by atoms with Crippen molar-refractivity contribution in [1.82, 2.24) is 10.6 Å². The van der Waals surface area contributed by atoms with Crippen LogP contribution in [0.25, 0.3) is 0 Å². The van der Waals surface area contributed by atoms with Gasteiger partial charge in [0.05, 0.1) is 16.7 Å². The fourth-order valence-electron chi connectivity index (χ4n) is 5.58. The van der Waals surface area contributed by atoms with Gasteiger partial charge < -0.3 is 25.2 Å². The van der Waals surface area contributed by atoms with E-state index in [0.29, 0.717) is 50.7 Å². The summed E-state index contributed by atoms with van der Waals surface area (Å²) in [6, 6.07) is 8.20. The van der Waals surface area contributed by atoms with Crippen LogP contribution in [-0.4, -0.2) is 46.8 Å². The number of hydrogen-bond acceptors (Lipinski definition) is 5. The van der Waals surface area contributed by atoms with Crippen molar-refractivity contribution < 1.29 is 33.0 Å². The van der Waals surface area contributed by atoms with Crippen molar-refractivity contribution in [2.24, 2.45) is 0 Å². The molecule has 2 aromatic rings. The summed E-state index contributed by atoms with van der Waals surface area (Å²) in [6.07, 6.45) is 1.84. The molecule has 2 bridgehead atoms. The predicted molar refractivity (Wildman–Crippen MR) is 127 cm³/mol. The van der Waals surface area contributed by atoms with Gasteiger partial charge in [-0.05, 0) is 80.8 Å². The van der Waals surface area contributed by atoms with E-state index in [1.165, 1.54) is 30.3 Å². The lowest BCUT2D eigenvalue weighted by molar-refractivity contribution is -0.140. The Bertz CT molecular complexity index is 1180. The number of aliphatic hydroxyl groups is 1. The molecule has 2 atom stereocenters. The first kappa shape index (κ1) is 24.8. The van der Waals surface area contributed by atoms with Crippen LogP contribution in [0.4, 0.5) is 8.78 Å². The quantitative estimate of drug-likeness (QED) is 0.542. The molecule has 3 N–H and O–H groups in total. The number of benzene rings is 2. The number of carbonyl (C=O) groups excluding carboxylic acids is 2. The van der Waals surface area contributed by atoms with E-state index in [1.807, 2.05) is 0 Å². The van der Waals surface area contributed by atoms with Gasteiger partial charge >= 0.3 is 0 Å².